The Bertz CT molecular complexity index is 440. The first kappa shape index (κ1) is 15.1. The van der Waals surface area contributed by atoms with E-state index in [2.05, 4.69) is 24.1 Å². The predicted octanol–water partition coefficient (Wildman–Crippen LogP) is 2.89. The lowest BCUT2D eigenvalue weighted by molar-refractivity contribution is -0.0473. The van der Waals surface area contributed by atoms with E-state index in [1.54, 1.807) is 0 Å². The van der Waals surface area contributed by atoms with Gasteiger partial charge in [0.15, 0.2) is 5.11 Å². The molecule has 1 heterocycles. The minimum absolute atomic E-state index is 0.207. The molecule has 0 amide bonds. The zero-order valence-corrected chi connectivity index (χ0v) is 13.1. The van der Waals surface area contributed by atoms with Crippen LogP contribution in [0.15, 0.2) is 24.3 Å². The highest BCUT2D eigenvalue weighted by Gasteiger charge is 2.23. The second kappa shape index (κ2) is 6.90. The molecule has 110 valence electrons. The Labute approximate surface area is 126 Å². The van der Waals surface area contributed by atoms with E-state index in [9.17, 15) is 0 Å². The number of hydrogen-bond donors (Lipinski definition) is 1. The lowest BCUT2D eigenvalue weighted by atomic mass is 10.2. The Hall–Kier alpha value is -1.33. The van der Waals surface area contributed by atoms with Gasteiger partial charge in [0.2, 0.25) is 0 Å². The molecule has 5 heteroatoms. The molecule has 2 atom stereocenters. The average Bonchev–Trinajstić information content (AvgIpc) is 2.40. The first-order valence-electron chi connectivity index (χ1n) is 7.02. The van der Waals surface area contributed by atoms with Crippen LogP contribution in [-0.2, 0) is 4.74 Å². The van der Waals surface area contributed by atoms with Gasteiger partial charge in [-0.15, -0.1) is 0 Å². The summed E-state index contributed by atoms with van der Waals surface area (Å²) in [6, 6.07) is 7.84. The average molecular weight is 294 g/mol. The minimum atomic E-state index is 0.207. The van der Waals surface area contributed by atoms with Crippen LogP contribution in [0.5, 0.6) is 5.75 Å². The molecule has 20 heavy (non-hydrogen) atoms. The molecule has 0 aliphatic carbocycles. The van der Waals surface area contributed by atoms with Gasteiger partial charge in [0.1, 0.15) is 5.75 Å². The van der Waals surface area contributed by atoms with Crippen molar-refractivity contribution >= 4 is 23.0 Å². The molecule has 1 aliphatic heterocycles. The van der Waals surface area contributed by atoms with Crippen LogP contribution in [0, 0.1) is 0 Å². The second-order valence-electron chi connectivity index (χ2n) is 5.05. The van der Waals surface area contributed by atoms with E-state index in [1.807, 2.05) is 31.2 Å². The topological polar surface area (TPSA) is 33.7 Å². The van der Waals surface area contributed by atoms with Crippen LogP contribution in [0.1, 0.15) is 20.8 Å². The highest BCUT2D eigenvalue weighted by molar-refractivity contribution is 7.80. The summed E-state index contributed by atoms with van der Waals surface area (Å²) in [4.78, 5) is 2.16. The molecular formula is C15H22N2O2S. The lowest BCUT2D eigenvalue weighted by Gasteiger charge is -2.36. The molecule has 1 saturated heterocycles. The molecule has 1 N–H and O–H groups in total. The van der Waals surface area contributed by atoms with Gasteiger partial charge in [-0.05, 0) is 57.3 Å². The summed E-state index contributed by atoms with van der Waals surface area (Å²) in [5.41, 5.74) is 0.977. The summed E-state index contributed by atoms with van der Waals surface area (Å²) in [5, 5.41) is 4.01. The van der Waals surface area contributed by atoms with Crippen molar-refractivity contribution in [1.29, 1.82) is 0 Å². The highest BCUT2D eigenvalue weighted by Crippen LogP contribution is 2.17. The second-order valence-corrected chi connectivity index (χ2v) is 5.44. The zero-order chi connectivity index (χ0) is 14.5. The van der Waals surface area contributed by atoms with Crippen LogP contribution in [0.4, 0.5) is 5.69 Å². The van der Waals surface area contributed by atoms with Gasteiger partial charge in [-0.25, -0.2) is 0 Å². The number of hydrogen-bond acceptors (Lipinski definition) is 3. The first-order chi connectivity index (χ1) is 9.58. The van der Waals surface area contributed by atoms with Crippen molar-refractivity contribution in [3.05, 3.63) is 24.3 Å². The van der Waals surface area contributed by atoms with E-state index in [-0.39, 0.29) is 12.2 Å². The van der Waals surface area contributed by atoms with Gasteiger partial charge in [-0.3, -0.25) is 0 Å². The third kappa shape index (κ3) is 4.08. The molecule has 0 bridgehead atoms. The van der Waals surface area contributed by atoms with Crippen molar-refractivity contribution < 1.29 is 9.47 Å². The molecule has 0 aromatic heterocycles. The van der Waals surface area contributed by atoms with Crippen molar-refractivity contribution in [2.75, 3.05) is 25.0 Å². The van der Waals surface area contributed by atoms with E-state index in [0.717, 1.165) is 29.6 Å². The number of nitrogens with zero attached hydrogens (tertiary/aromatic N) is 1. The summed E-state index contributed by atoms with van der Waals surface area (Å²) < 4.78 is 11.1. The fourth-order valence-electron chi connectivity index (χ4n) is 2.35. The Balaban J connectivity index is 1.93. The number of morpholine rings is 1. The standard InChI is InChI=1S/C15H22N2O2S/c1-4-18-14-7-5-13(6-8-14)16-15(20)17-9-11(2)19-12(3)10-17/h5-8,11-12H,4,9-10H2,1-3H3,(H,16,20)/t11-,12-/m0/s1. The van der Waals surface area contributed by atoms with Gasteiger partial charge >= 0.3 is 0 Å². The van der Waals surface area contributed by atoms with Gasteiger partial charge in [-0.2, -0.15) is 0 Å². The molecule has 0 radical (unpaired) electrons. The maximum atomic E-state index is 5.71. The third-order valence-electron chi connectivity index (χ3n) is 3.12. The Kier molecular flexibility index (Phi) is 5.20. The molecule has 1 aromatic carbocycles. The quantitative estimate of drug-likeness (QED) is 0.867. The van der Waals surface area contributed by atoms with Crippen LogP contribution in [-0.4, -0.2) is 41.9 Å². The van der Waals surface area contributed by atoms with Crippen LogP contribution in [0.25, 0.3) is 0 Å². The Morgan fingerprint density at radius 3 is 2.45 bits per heavy atom. The maximum absolute atomic E-state index is 5.71. The van der Waals surface area contributed by atoms with Crippen molar-refractivity contribution in [2.24, 2.45) is 0 Å². The monoisotopic (exact) mass is 294 g/mol. The van der Waals surface area contributed by atoms with Crippen molar-refractivity contribution in [2.45, 2.75) is 33.0 Å². The largest absolute Gasteiger partial charge is 0.494 e. The van der Waals surface area contributed by atoms with Gasteiger partial charge < -0.3 is 19.7 Å². The van der Waals surface area contributed by atoms with Crippen molar-refractivity contribution in [1.82, 2.24) is 4.90 Å². The van der Waals surface area contributed by atoms with Gasteiger partial charge in [-0.1, -0.05) is 0 Å². The number of nitrogens with one attached hydrogen (secondary N) is 1. The summed E-state index contributed by atoms with van der Waals surface area (Å²) in [7, 11) is 0. The summed E-state index contributed by atoms with van der Waals surface area (Å²) in [6.45, 7) is 8.45. The normalized spacial score (nSPS) is 22.4. The zero-order valence-electron chi connectivity index (χ0n) is 12.3. The summed E-state index contributed by atoms with van der Waals surface area (Å²) in [6.07, 6.45) is 0.415. The molecule has 2 rings (SSSR count). The van der Waals surface area contributed by atoms with Crippen molar-refractivity contribution in [3.63, 3.8) is 0 Å². The highest BCUT2D eigenvalue weighted by atomic mass is 32.1. The molecule has 1 fully saturated rings. The molecule has 0 unspecified atom stereocenters. The predicted molar refractivity (Wildman–Crippen MR) is 85.4 cm³/mol. The smallest absolute Gasteiger partial charge is 0.173 e. The van der Waals surface area contributed by atoms with Crippen molar-refractivity contribution in [3.8, 4) is 5.75 Å². The van der Waals surface area contributed by atoms with Gasteiger partial charge in [0, 0.05) is 18.8 Å². The van der Waals surface area contributed by atoms with Gasteiger partial charge in [0.25, 0.3) is 0 Å². The number of rotatable bonds is 3. The minimum Gasteiger partial charge on any atom is -0.494 e. The number of thiocarbonyl (C=S) groups is 1. The number of ether oxygens (including phenoxy) is 2. The third-order valence-corrected chi connectivity index (χ3v) is 3.48. The van der Waals surface area contributed by atoms with Crippen LogP contribution in [0.3, 0.4) is 0 Å². The van der Waals surface area contributed by atoms with E-state index in [0.29, 0.717) is 6.61 Å². The van der Waals surface area contributed by atoms with Crippen LogP contribution in [0.2, 0.25) is 0 Å². The van der Waals surface area contributed by atoms with E-state index in [4.69, 9.17) is 21.7 Å². The molecule has 0 saturated carbocycles. The maximum Gasteiger partial charge on any atom is 0.173 e. The van der Waals surface area contributed by atoms with E-state index < -0.39 is 0 Å². The number of benzene rings is 1. The molecule has 1 aliphatic rings. The SMILES string of the molecule is CCOc1ccc(NC(=S)N2C[C@H](C)O[C@@H](C)C2)cc1. The Morgan fingerprint density at radius 1 is 1.30 bits per heavy atom. The van der Waals surface area contributed by atoms with E-state index >= 15 is 0 Å². The van der Waals surface area contributed by atoms with Crippen LogP contribution < -0.4 is 10.1 Å². The fraction of sp³-hybridized carbons (Fsp3) is 0.533. The fourth-order valence-corrected chi connectivity index (χ4v) is 2.61. The first-order valence-corrected chi connectivity index (χ1v) is 7.43. The summed E-state index contributed by atoms with van der Waals surface area (Å²) in [5.74, 6) is 0.873. The molecule has 0 spiro atoms. The summed E-state index contributed by atoms with van der Waals surface area (Å²) >= 11 is 5.47. The van der Waals surface area contributed by atoms with E-state index in [1.165, 1.54) is 0 Å². The lowest BCUT2D eigenvalue weighted by Crippen LogP contribution is -2.49. The van der Waals surface area contributed by atoms with Crippen LogP contribution >= 0.6 is 12.2 Å². The number of anilines is 1. The Morgan fingerprint density at radius 2 is 1.90 bits per heavy atom. The molecule has 4 nitrogen and oxygen atoms in total. The van der Waals surface area contributed by atoms with Gasteiger partial charge in [0.05, 0.1) is 18.8 Å². The molecular weight excluding hydrogens is 272 g/mol. The molecule has 1 aromatic rings.